The van der Waals surface area contributed by atoms with E-state index in [1.807, 2.05) is 0 Å². The van der Waals surface area contributed by atoms with Gasteiger partial charge in [-0.3, -0.25) is 4.79 Å². The third-order valence-corrected chi connectivity index (χ3v) is 5.66. The number of ether oxygens (including phenoxy) is 1. The van der Waals surface area contributed by atoms with E-state index in [0.29, 0.717) is 30.2 Å². The molecule has 0 amide bonds. The minimum absolute atomic E-state index is 0.0196. The van der Waals surface area contributed by atoms with E-state index in [1.165, 1.54) is 24.3 Å². The van der Waals surface area contributed by atoms with Crippen LogP contribution >= 0.6 is 0 Å². The van der Waals surface area contributed by atoms with Crippen molar-refractivity contribution in [3.63, 3.8) is 0 Å². The van der Waals surface area contributed by atoms with Crippen LogP contribution in [0.2, 0.25) is 0 Å². The number of aromatic nitrogens is 3. The summed E-state index contributed by atoms with van der Waals surface area (Å²) in [4.78, 5) is 12.8. The fourth-order valence-electron chi connectivity index (χ4n) is 4.02. The summed E-state index contributed by atoms with van der Waals surface area (Å²) < 4.78 is 70.1. The maximum atomic E-state index is 13.9. The van der Waals surface area contributed by atoms with Crippen LogP contribution in [0, 0.1) is 11.6 Å². The van der Waals surface area contributed by atoms with Gasteiger partial charge in [0, 0.05) is 24.6 Å². The fourth-order valence-corrected chi connectivity index (χ4v) is 4.02. The number of hydrogen-bond acceptors (Lipinski definition) is 6. The molecule has 2 heterocycles. The molecule has 1 aliphatic heterocycles. The molecule has 2 aromatic carbocycles. The number of ketones is 1. The van der Waals surface area contributed by atoms with Crippen LogP contribution < -0.4 is 15.8 Å². The van der Waals surface area contributed by atoms with E-state index in [9.17, 15) is 26.7 Å². The molecule has 1 aliphatic rings. The Kier molecular flexibility index (Phi) is 7.13. The zero-order chi connectivity index (χ0) is 25.2. The van der Waals surface area contributed by atoms with E-state index in [2.05, 4.69) is 20.3 Å². The predicted octanol–water partition coefficient (Wildman–Crippen LogP) is 3.51. The lowest BCUT2D eigenvalue weighted by Crippen LogP contribution is -2.39. The minimum atomic E-state index is -4.78. The monoisotopic (exact) mass is 495 g/mol. The molecule has 7 nitrogen and oxygen atoms in total. The Bertz CT molecular complexity index is 1200. The van der Waals surface area contributed by atoms with E-state index < -0.39 is 30.1 Å². The second-order valence-corrected chi connectivity index (χ2v) is 8.26. The first kappa shape index (κ1) is 24.7. The molecular weight excluding hydrogens is 473 g/mol. The van der Waals surface area contributed by atoms with Gasteiger partial charge in [0.1, 0.15) is 23.2 Å². The van der Waals surface area contributed by atoms with Gasteiger partial charge < -0.3 is 20.4 Å². The second-order valence-electron chi connectivity index (χ2n) is 8.26. The smallest absolute Gasteiger partial charge is 0.406 e. The first-order chi connectivity index (χ1) is 16.6. The fraction of sp³-hybridized carbons (Fsp3) is 0.348. The molecule has 12 heteroatoms. The molecule has 0 saturated heterocycles. The Morgan fingerprint density at radius 2 is 1.91 bits per heavy atom. The van der Waals surface area contributed by atoms with Crippen molar-refractivity contribution in [2.75, 3.05) is 0 Å². The van der Waals surface area contributed by atoms with Crippen molar-refractivity contribution in [2.24, 2.45) is 5.73 Å². The Morgan fingerprint density at radius 1 is 1.17 bits per heavy atom. The number of carbonyl (C=O) groups excluding carboxylic acids is 1. The summed E-state index contributed by atoms with van der Waals surface area (Å²) in [5, 5.41) is 11.4. The maximum Gasteiger partial charge on any atom is 0.573 e. The van der Waals surface area contributed by atoms with Gasteiger partial charge in [-0.1, -0.05) is 0 Å². The third-order valence-electron chi connectivity index (χ3n) is 5.66. The van der Waals surface area contributed by atoms with Crippen LogP contribution in [0.4, 0.5) is 22.0 Å². The van der Waals surface area contributed by atoms with Crippen LogP contribution in [-0.4, -0.2) is 39.0 Å². The molecule has 0 radical (unpaired) electrons. The summed E-state index contributed by atoms with van der Waals surface area (Å²) in [6, 6.07) is 7.17. The summed E-state index contributed by atoms with van der Waals surface area (Å²) in [5.41, 5.74) is 6.70. The van der Waals surface area contributed by atoms with Crippen molar-refractivity contribution in [3.05, 3.63) is 65.5 Å². The molecule has 0 aliphatic carbocycles. The molecule has 0 saturated carbocycles. The number of rotatable bonds is 7. The highest BCUT2D eigenvalue weighted by Crippen LogP contribution is 2.27. The van der Waals surface area contributed by atoms with Crippen molar-refractivity contribution >= 4 is 5.78 Å². The van der Waals surface area contributed by atoms with Crippen LogP contribution in [0.25, 0.3) is 11.4 Å². The van der Waals surface area contributed by atoms with Gasteiger partial charge in [-0.15, -0.1) is 23.4 Å². The van der Waals surface area contributed by atoms with Gasteiger partial charge in [0.25, 0.3) is 0 Å². The molecule has 186 valence electrons. The minimum Gasteiger partial charge on any atom is -0.406 e. The molecule has 35 heavy (non-hydrogen) atoms. The lowest BCUT2D eigenvalue weighted by atomic mass is 9.97. The van der Waals surface area contributed by atoms with Gasteiger partial charge in [-0.05, 0) is 60.9 Å². The summed E-state index contributed by atoms with van der Waals surface area (Å²) >= 11 is 0. The van der Waals surface area contributed by atoms with Crippen molar-refractivity contribution in [3.8, 4) is 17.1 Å². The molecule has 2 atom stereocenters. The van der Waals surface area contributed by atoms with Crippen molar-refractivity contribution in [2.45, 2.75) is 50.8 Å². The molecule has 0 fully saturated rings. The molecule has 0 bridgehead atoms. The summed E-state index contributed by atoms with van der Waals surface area (Å²) in [6.45, 7) is 0.627. The Hall–Kier alpha value is -3.38. The van der Waals surface area contributed by atoms with Crippen molar-refractivity contribution in [1.82, 2.24) is 20.1 Å². The molecule has 3 aromatic rings. The SMILES string of the molecule is N[C@@H](CC(=O)C1CCn2c(nnc2-c2ccc(OC(F)(F)F)cc2)CN1)Cc1cc(F)ccc1F. The highest BCUT2D eigenvalue weighted by molar-refractivity contribution is 5.84. The highest BCUT2D eigenvalue weighted by atomic mass is 19.4. The Morgan fingerprint density at radius 3 is 2.63 bits per heavy atom. The zero-order valence-corrected chi connectivity index (χ0v) is 18.4. The van der Waals surface area contributed by atoms with Crippen LogP contribution in [0.3, 0.4) is 0 Å². The number of alkyl halides is 3. The van der Waals surface area contributed by atoms with Gasteiger partial charge >= 0.3 is 6.36 Å². The number of carbonyl (C=O) groups is 1. The Labute approximate surface area is 197 Å². The predicted molar refractivity (Wildman–Crippen MR) is 115 cm³/mol. The molecular formula is C23H22F5N5O2. The number of hydrogen-bond donors (Lipinski definition) is 2. The van der Waals surface area contributed by atoms with Crippen LogP contribution in [-0.2, 0) is 24.3 Å². The summed E-state index contributed by atoms with van der Waals surface area (Å²) in [7, 11) is 0. The summed E-state index contributed by atoms with van der Waals surface area (Å²) in [6.07, 6.45) is -4.39. The average molecular weight is 495 g/mol. The molecule has 0 spiro atoms. The number of benzene rings is 2. The zero-order valence-electron chi connectivity index (χ0n) is 18.4. The molecule has 3 N–H and O–H groups in total. The first-order valence-electron chi connectivity index (χ1n) is 10.8. The van der Waals surface area contributed by atoms with Gasteiger partial charge in [-0.2, -0.15) is 0 Å². The van der Waals surface area contributed by atoms with Gasteiger partial charge in [0.2, 0.25) is 0 Å². The number of nitrogens with one attached hydrogen (secondary N) is 1. The number of fused-ring (bicyclic) bond motifs is 1. The highest BCUT2D eigenvalue weighted by Gasteiger charge is 2.31. The van der Waals surface area contributed by atoms with Gasteiger partial charge in [-0.25, -0.2) is 8.78 Å². The van der Waals surface area contributed by atoms with Crippen molar-refractivity contribution in [1.29, 1.82) is 0 Å². The molecule has 1 aromatic heterocycles. The number of nitrogens with two attached hydrogens (primary N) is 1. The normalized spacial score (nSPS) is 16.9. The quantitative estimate of drug-likeness (QED) is 0.488. The van der Waals surface area contributed by atoms with Crippen LogP contribution in [0.1, 0.15) is 24.2 Å². The molecule has 4 rings (SSSR count). The Balaban J connectivity index is 1.38. The molecule has 1 unspecified atom stereocenters. The lowest BCUT2D eigenvalue weighted by Gasteiger charge is -2.18. The van der Waals surface area contributed by atoms with Crippen molar-refractivity contribution < 1.29 is 31.5 Å². The third kappa shape index (κ3) is 6.20. The standard InChI is InChI=1S/C23H22F5N5O2/c24-15-3-6-18(25)14(9-15)10-16(29)11-20(34)19-7-8-33-21(12-30-19)31-32-22(33)13-1-4-17(5-2-13)35-23(26,27)28/h1-6,9,16,19,30H,7-8,10-12,29H2/t16-,19?/m1/s1. The second kappa shape index (κ2) is 10.1. The number of halogens is 5. The van der Waals surface area contributed by atoms with Crippen LogP contribution in [0.5, 0.6) is 5.75 Å². The van der Waals surface area contributed by atoms with E-state index >= 15 is 0 Å². The number of Topliss-reactive ketones (excluding diaryl/α,β-unsaturated/α-hetero) is 1. The number of nitrogens with zero attached hydrogens (tertiary/aromatic N) is 3. The summed E-state index contributed by atoms with van der Waals surface area (Å²) in [5.74, 6) is -0.650. The average Bonchev–Trinajstić information content (AvgIpc) is 3.06. The topological polar surface area (TPSA) is 95.1 Å². The van der Waals surface area contributed by atoms with E-state index in [-0.39, 0.29) is 36.5 Å². The van der Waals surface area contributed by atoms with Gasteiger partial charge in [0.05, 0.1) is 12.6 Å². The van der Waals surface area contributed by atoms with E-state index in [0.717, 1.165) is 18.2 Å². The maximum absolute atomic E-state index is 13.9. The van der Waals surface area contributed by atoms with Gasteiger partial charge in [0.15, 0.2) is 11.6 Å². The first-order valence-corrected chi connectivity index (χ1v) is 10.8. The van der Waals surface area contributed by atoms with E-state index in [1.54, 1.807) is 4.57 Å². The van der Waals surface area contributed by atoms with Crippen LogP contribution in [0.15, 0.2) is 42.5 Å². The lowest BCUT2D eigenvalue weighted by molar-refractivity contribution is -0.274. The largest absolute Gasteiger partial charge is 0.573 e. The van der Waals surface area contributed by atoms with E-state index in [4.69, 9.17) is 5.73 Å².